The molecular formula is C10H16N4. The summed E-state index contributed by atoms with van der Waals surface area (Å²) < 4.78 is 0. The van der Waals surface area contributed by atoms with E-state index in [2.05, 4.69) is 14.9 Å². The van der Waals surface area contributed by atoms with Crippen molar-refractivity contribution in [2.45, 2.75) is 25.9 Å². The second-order valence-electron chi connectivity index (χ2n) is 3.92. The Balaban J connectivity index is 1.94. The van der Waals surface area contributed by atoms with Gasteiger partial charge in [0.25, 0.3) is 0 Å². The summed E-state index contributed by atoms with van der Waals surface area (Å²) in [7, 11) is 0. The monoisotopic (exact) mass is 192 g/mol. The van der Waals surface area contributed by atoms with Gasteiger partial charge in [-0.05, 0) is 13.3 Å². The predicted molar refractivity (Wildman–Crippen MR) is 54.6 cm³/mol. The van der Waals surface area contributed by atoms with Crippen molar-refractivity contribution >= 4 is 0 Å². The van der Waals surface area contributed by atoms with Crippen LogP contribution in [0, 0.1) is 6.92 Å². The average molecular weight is 192 g/mol. The van der Waals surface area contributed by atoms with Crippen molar-refractivity contribution in [2.75, 3.05) is 13.1 Å². The molecule has 1 aromatic rings. The highest BCUT2D eigenvalue weighted by atomic mass is 15.2. The summed E-state index contributed by atoms with van der Waals surface area (Å²) in [5.41, 5.74) is 7.00. The minimum Gasteiger partial charge on any atom is -0.326 e. The van der Waals surface area contributed by atoms with Crippen LogP contribution in [0.5, 0.6) is 0 Å². The van der Waals surface area contributed by atoms with Crippen molar-refractivity contribution in [1.82, 2.24) is 14.9 Å². The van der Waals surface area contributed by atoms with E-state index in [0.29, 0.717) is 6.04 Å². The number of nitrogens with two attached hydrogens (primary N) is 1. The molecule has 0 aromatic carbocycles. The normalized spacial score (nSPS) is 22.9. The second kappa shape index (κ2) is 4.02. The Bertz CT molecular complexity index is 295. The van der Waals surface area contributed by atoms with Crippen LogP contribution in [0.3, 0.4) is 0 Å². The van der Waals surface area contributed by atoms with Gasteiger partial charge in [-0.1, -0.05) is 0 Å². The molecule has 1 aliphatic rings. The first-order chi connectivity index (χ1) is 6.74. The van der Waals surface area contributed by atoms with E-state index < -0.39 is 0 Å². The minimum absolute atomic E-state index is 0.348. The molecule has 2 N–H and O–H groups in total. The van der Waals surface area contributed by atoms with Gasteiger partial charge < -0.3 is 5.73 Å². The first-order valence-corrected chi connectivity index (χ1v) is 4.99. The molecule has 1 aromatic heterocycles. The molecule has 1 atom stereocenters. The maximum absolute atomic E-state index is 5.83. The van der Waals surface area contributed by atoms with Crippen LogP contribution in [-0.4, -0.2) is 34.0 Å². The summed E-state index contributed by atoms with van der Waals surface area (Å²) in [4.78, 5) is 10.7. The summed E-state index contributed by atoms with van der Waals surface area (Å²) in [5, 5.41) is 0. The number of nitrogens with zero attached hydrogens (tertiary/aromatic N) is 3. The van der Waals surface area contributed by atoms with Crippen molar-refractivity contribution < 1.29 is 0 Å². The predicted octanol–water partition coefficient (Wildman–Crippen LogP) is 0.318. The molecule has 0 radical (unpaired) electrons. The SMILES string of the molecule is Cc1ncc(CN2CCC(N)C2)cn1. The summed E-state index contributed by atoms with van der Waals surface area (Å²) in [6, 6.07) is 0.348. The van der Waals surface area contributed by atoms with E-state index in [4.69, 9.17) is 5.73 Å². The molecule has 1 fully saturated rings. The minimum atomic E-state index is 0.348. The van der Waals surface area contributed by atoms with Crippen LogP contribution in [0.25, 0.3) is 0 Å². The Morgan fingerprint density at radius 2 is 2.21 bits per heavy atom. The summed E-state index contributed by atoms with van der Waals surface area (Å²) in [6.45, 7) is 4.91. The molecule has 0 spiro atoms. The van der Waals surface area contributed by atoms with Crippen molar-refractivity contribution in [2.24, 2.45) is 5.73 Å². The van der Waals surface area contributed by atoms with Gasteiger partial charge in [0.15, 0.2) is 0 Å². The number of aryl methyl sites for hydroxylation is 1. The molecule has 1 saturated heterocycles. The highest BCUT2D eigenvalue weighted by molar-refractivity contribution is 5.05. The molecule has 0 aliphatic carbocycles. The van der Waals surface area contributed by atoms with E-state index in [9.17, 15) is 0 Å². The summed E-state index contributed by atoms with van der Waals surface area (Å²) >= 11 is 0. The van der Waals surface area contributed by atoms with Crippen LogP contribution in [0.4, 0.5) is 0 Å². The van der Waals surface area contributed by atoms with Crippen LogP contribution in [0.2, 0.25) is 0 Å². The molecule has 4 heteroatoms. The van der Waals surface area contributed by atoms with E-state index in [0.717, 1.165) is 31.9 Å². The lowest BCUT2D eigenvalue weighted by Gasteiger charge is -2.14. The first kappa shape index (κ1) is 9.55. The second-order valence-corrected chi connectivity index (χ2v) is 3.92. The van der Waals surface area contributed by atoms with Gasteiger partial charge in [-0.25, -0.2) is 9.97 Å². The average Bonchev–Trinajstić information content (AvgIpc) is 2.56. The Morgan fingerprint density at radius 1 is 1.50 bits per heavy atom. The molecule has 76 valence electrons. The van der Waals surface area contributed by atoms with Gasteiger partial charge in [0.2, 0.25) is 0 Å². The van der Waals surface area contributed by atoms with Gasteiger partial charge in [-0.3, -0.25) is 4.90 Å². The van der Waals surface area contributed by atoms with Crippen LogP contribution in [-0.2, 0) is 6.54 Å². The van der Waals surface area contributed by atoms with E-state index >= 15 is 0 Å². The number of aromatic nitrogens is 2. The Morgan fingerprint density at radius 3 is 2.79 bits per heavy atom. The molecule has 2 rings (SSSR count). The number of hydrogen-bond donors (Lipinski definition) is 1. The fraction of sp³-hybridized carbons (Fsp3) is 0.600. The van der Waals surface area contributed by atoms with E-state index in [-0.39, 0.29) is 0 Å². The van der Waals surface area contributed by atoms with Crippen LogP contribution < -0.4 is 5.73 Å². The lowest BCUT2D eigenvalue weighted by molar-refractivity contribution is 0.326. The van der Waals surface area contributed by atoms with Crippen molar-refractivity contribution in [1.29, 1.82) is 0 Å². The summed E-state index contributed by atoms with van der Waals surface area (Å²) in [6.07, 6.45) is 4.89. The van der Waals surface area contributed by atoms with Gasteiger partial charge in [0.05, 0.1) is 0 Å². The number of likely N-dealkylation sites (tertiary alicyclic amines) is 1. The highest BCUT2D eigenvalue weighted by Crippen LogP contribution is 2.10. The Hall–Kier alpha value is -1.00. The molecule has 0 saturated carbocycles. The van der Waals surface area contributed by atoms with Gasteiger partial charge in [0.1, 0.15) is 5.82 Å². The third-order valence-corrected chi connectivity index (χ3v) is 2.55. The van der Waals surface area contributed by atoms with E-state index in [1.54, 1.807) is 0 Å². The Kier molecular flexibility index (Phi) is 2.74. The molecule has 4 nitrogen and oxygen atoms in total. The van der Waals surface area contributed by atoms with E-state index in [1.807, 2.05) is 19.3 Å². The Labute approximate surface area is 84.2 Å². The topological polar surface area (TPSA) is 55.0 Å². The lowest BCUT2D eigenvalue weighted by Crippen LogP contribution is -2.26. The van der Waals surface area contributed by atoms with E-state index in [1.165, 1.54) is 5.56 Å². The molecule has 1 aliphatic heterocycles. The number of hydrogen-bond acceptors (Lipinski definition) is 4. The largest absolute Gasteiger partial charge is 0.326 e. The number of rotatable bonds is 2. The maximum Gasteiger partial charge on any atom is 0.125 e. The zero-order valence-electron chi connectivity index (χ0n) is 8.48. The summed E-state index contributed by atoms with van der Waals surface area (Å²) in [5.74, 6) is 0.826. The molecule has 0 bridgehead atoms. The highest BCUT2D eigenvalue weighted by Gasteiger charge is 2.18. The van der Waals surface area contributed by atoms with Gasteiger partial charge >= 0.3 is 0 Å². The zero-order valence-corrected chi connectivity index (χ0v) is 8.48. The standard InChI is InChI=1S/C10H16N4/c1-8-12-4-9(5-13-8)6-14-3-2-10(11)7-14/h4-5,10H,2-3,6-7,11H2,1H3. The third-order valence-electron chi connectivity index (χ3n) is 2.55. The van der Waals surface area contributed by atoms with Crippen molar-refractivity contribution in [3.63, 3.8) is 0 Å². The van der Waals surface area contributed by atoms with Crippen LogP contribution in [0.1, 0.15) is 17.8 Å². The van der Waals surface area contributed by atoms with Gasteiger partial charge in [0, 0.05) is 43.6 Å². The smallest absolute Gasteiger partial charge is 0.125 e. The molecular weight excluding hydrogens is 176 g/mol. The quantitative estimate of drug-likeness (QED) is 0.733. The third kappa shape index (κ3) is 2.27. The maximum atomic E-state index is 5.83. The molecule has 14 heavy (non-hydrogen) atoms. The van der Waals surface area contributed by atoms with Crippen LogP contribution >= 0.6 is 0 Å². The molecule has 1 unspecified atom stereocenters. The van der Waals surface area contributed by atoms with Crippen molar-refractivity contribution in [3.05, 3.63) is 23.8 Å². The molecule has 2 heterocycles. The van der Waals surface area contributed by atoms with Gasteiger partial charge in [-0.15, -0.1) is 0 Å². The lowest BCUT2D eigenvalue weighted by atomic mass is 10.3. The fourth-order valence-electron chi connectivity index (χ4n) is 1.77. The molecule has 0 amide bonds. The van der Waals surface area contributed by atoms with Crippen molar-refractivity contribution in [3.8, 4) is 0 Å². The fourth-order valence-corrected chi connectivity index (χ4v) is 1.77. The zero-order chi connectivity index (χ0) is 9.97. The van der Waals surface area contributed by atoms with Crippen LogP contribution in [0.15, 0.2) is 12.4 Å². The first-order valence-electron chi connectivity index (χ1n) is 4.99. The van der Waals surface area contributed by atoms with Gasteiger partial charge in [-0.2, -0.15) is 0 Å².